The highest BCUT2D eigenvalue weighted by Crippen LogP contribution is 2.34. The Balaban J connectivity index is 1.85. The van der Waals surface area contributed by atoms with Crippen LogP contribution in [0.1, 0.15) is 11.6 Å². The number of hydrogen-bond acceptors (Lipinski definition) is 4. The molecule has 1 N–H and O–H groups in total. The summed E-state index contributed by atoms with van der Waals surface area (Å²) in [5, 5.41) is 3.13. The van der Waals surface area contributed by atoms with Crippen molar-refractivity contribution in [3.8, 4) is 11.5 Å². The predicted octanol–water partition coefficient (Wildman–Crippen LogP) is 2.32. The first-order valence-corrected chi connectivity index (χ1v) is 6.44. The number of rotatable bonds is 3. The monoisotopic (exact) mass is 274 g/mol. The molecule has 2 aromatic rings. The number of pyridine rings is 1. The number of benzene rings is 1. The third-order valence-corrected chi connectivity index (χ3v) is 3.30. The maximum absolute atomic E-state index is 13.3. The largest absolute Gasteiger partial charge is 0.486 e. The SMILES string of the molecule is CNC(c1cncc(F)c1)C1COc2ccccc2O1. The van der Waals surface area contributed by atoms with E-state index in [1.165, 1.54) is 12.3 Å². The van der Waals surface area contributed by atoms with Gasteiger partial charge in [-0.1, -0.05) is 12.1 Å². The number of para-hydroxylation sites is 2. The number of nitrogens with zero attached hydrogens (tertiary/aromatic N) is 1. The third-order valence-electron chi connectivity index (χ3n) is 3.30. The summed E-state index contributed by atoms with van der Waals surface area (Å²) in [6, 6.07) is 8.78. The van der Waals surface area contributed by atoms with Crippen LogP contribution in [-0.2, 0) is 0 Å². The van der Waals surface area contributed by atoms with Gasteiger partial charge < -0.3 is 14.8 Å². The summed E-state index contributed by atoms with van der Waals surface area (Å²) in [4.78, 5) is 3.88. The van der Waals surface area contributed by atoms with Gasteiger partial charge in [0, 0.05) is 6.20 Å². The smallest absolute Gasteiger partial charge is 0.161 e. The van der Waals surface area contributed by atoms with E-state index in [2.05, 4.69) is 10.3 Å². The van der Waals surface area contributed by atoms with Crippen LogP contribution in [0.15, 0.2) is 42.7 Å². The number of nitrogens with one attached hydrogen (secondary N) is 1. The zero-order valence-corrected chi connectivity index (χ0v) is 11.0. The fourth-order valence-corrected chi connectivity index (χ4v) is 2.37. The van der Waals surface area contributed by atoms with Crippen molar-refractivity contribution in [2.75, 3.05) is 13.7 Å². The molecule has 0 saturated heterocycles. The molecule has 20 heavy (non-hydrogen) atoms. The standard InChI is InChI=1S/C15H15FN2O2/c1-17-15(10-6-11(16)8-18-7-10)14-9-19-12-4-2-3-5-13(12)20-14/h2-8,14-15,17H,9H2,1H3. The van der Waals surface area contributed by atoms with Crippen LogP contribution in [0.4, 0.5) is 4.39 Å². The first-order chi connectivity index (χ1) is 9.78. The Labute approximate surface area is 116 Å². The molecule has 2 heterocycles. The van der Waals surface area contributed by atoms with Crippen LogP contribution >= 0.6 is 0 Å². The lowest BCUT2D eigenvalue weighted by Gasteiger charge is -2.32. The van der Waals surface area contributed by atoms with E-state index in [4.69, 9.17) is 9.47 Å². The molecule has 5 heteroatoms. The van der Waals surface area contributed by atoms with Crippen LogP contribution in [-0.4, -0.2) is 24.7 Å². The van der Waals surface area contributed by atoms with Crippen molar-refractivity contribution < 1.29 is 13.9 Å². The van der Waals surface area contributed by atoms with Crippen LogP contribution in [0.3, 0.4) is 0 Å². The van der Waals surface area contributed by atoms with E-state index >= 15 is 0 Å². The van der Waals surface area contributed by atoms with Gasteiger partial charge in [-0.2, -0.15) is 0 Å². The molecule has 0 amide bonds. The normalized spacial score (nSPS) is 18.6. The van der Waals surface area contributed by atoms with Crippen LogP contribution in [0.25, 0.3) is 0 Å². The van der Waals surface area contributed by atoms with Crippen molar-refractivity contribution in [1.29, 1.82) is 0 Å². The minimum atomic E-state index is -0.361. The van der Waals surface area contributed by atoms with E-state index in [1.54, 1.807) is 13.2 Å². The fraction of sp³-hybridized carbons (Fsp3) is 0.267. The van der Waals surface area contributed by atoms with Gasteiger partial charge in [-0.3, -0.25) is 4.98 Å². The average Bonchev–Trinajstić information content (AvgIpc) is 2.48. The Morgan fingerprint density at radius 1 is 1.30 bits per heavy atom. The minimum absolute atomic E-state index is 0.188. The number of hydrogen-bond donors (Lipinski definition) is 1. The molecule has 0 saturated carbocycles. The summed E-state index contributed by atoms with van der Waals surface area (Å²) < 4.78 is 24.9. The molecule has 2 unspecified atom stereocenters. The topological polar surface area (TPSA) is 43.4 Å². The molecule has 1 aliphatic rings. The van der Waals surface area contributed by atoms with Crippen molar-refractivity contribution in [2.45, 2.75) is 12.1 Å². The number of halogens is 1. The van der Waals surface area contributed by atoms with Gasteiger partial charge in [0.25, 0.3) is 0 Å². The molecule has 0 bridgehead atoms. The van der Waals surface area contributed by atoms with Crippen molar-refractivity contribution in [3.05, 3.63) is 54.1 Å². The molecule has 0 radical (unpaired) electrons. The summed E-state index contributed by atoms with van der Waals surface area (Å²) in [5.74, 6) is 1.07. The summed E-state index contributed by atoms with van der Waals surface area (Å²) >= 11 is 0. The molecule has 4 nitrogen and oxygen atoms in total. The second-order valence-electron chi connectivity index (χ2n) is 4.62. The van der Waals surface area contributed by atoms with E-state index in [-0.39, 0.29) is 18.0 Å². The van der Waals surface area contributed by atoms with Crippen molar-refractivity contribution in [2.24, 2.45) is 0 Å². The van der Waals surface area contributed by atoms with Crippen molar-refractivity contribution >= 4 is 0 Å². The van der Waals surface area contributed by atoms with Gasteiger partial charge in [0.15, 0.2) is 17.6 Å². The molecule has 0 aliphatic carbocycles. The van der Waals surface area contributed by atoms with Gasteiger partial charge in [0.1, 0.15) is 12.4 Å². The maximum atomic E-state index is 13.3. The zero-order chi connectivity index (χ0) is 13.9. The summed E-state index contributed by atoms with van der Waals surface area (Å²) in [6.45, 7) is 0.402. The Morgan fingerprint density at radius 2 is 2.10 bits per heavy atom. The van der Waals surface area contributed by atoms with Crippen LogP contribution in [0.2, 0.25) is 0 Å². The summed E-state index contributed by atoms with van der Waals surface area (Å²) in [7, 11) is 1.81. The molecular weight excluding hydrogens is 259 g/mol. The van der Waals surface area contributed by atoms with E-state index in [0.717, 1.165) is 11.3 Å². The van der Waals surface area contributed by atoms with Gasteiger partial charge >= 0.3 is 0 Å². The highest BCUT2D eigenvalue weighted by atomic mass is 19.1. The van der Waals surface area contributed by atoms with Gasteiger partial charge in [0.2, 0.25) is 0 Å². The summed E-state index contributed by atoms with van der Waals surface area (Å²) in [6.07, 6.45) is 2.58. The van der Waals surface area contributed by atoms with E-state index in [0.29, 0.717) is 12.4 Å². The molecule has 0 spiro atoms. The Morgan fingerprint density at radius 3 is 2.85 bits per heavy atom. The first kappa shape index (κ1) is 12.9. The molecule has 1 aromatic carbocycles. The Kier molecular flexibility index (Phi) is 3.52. The number of aromatic nitrogens is 1. The van der Waals surface area contributed by atoms with E-state index in [9.17, 15) is 4.39 Å². The number of fused-ring (bicyclic) bond motifs is 1. The molecule has 2 atom stereocenters. The van der Waals surface area contributed by atoms with Crippen LogP contribution in [0.5, 0.6) is 11.5 Å². The van der Waals surface area contributed by atoms with Gasteiger partial charge in [-0.25, -0.2) is 4.39 Å². The maximum Gasteiger partial charge on any atom is 0.161 e. The van der Waals surface area contributed by atoms with Crippen LogP contribution < -0.4 is 14.8 Å². The van der Waals surface area contributed by atoms with Crippen LogP contribution in [0, 0.1) is 5.82 Å². The zero-order valence-electron chi connectivity index (χ0n) is 11.0. The molecular formula is C15H15FN2O2. The number of likely N-dealkylation sites (N-methyl/N-ethyl adjacent to an activating group) is 1. The molecule has 3 rings (SSSR count). The number of ether oxygens (including phenoxy) is 2. The molecule has 1 aromatic heterocycles. The highest BCUT2D eigenvalue weighted by Gasteiger charge is 2.29. The predicted molar refractivity (Wildman–Crippen MR) is 72.3 cm³/mol. The van der Waals surface area contributed by atoms with Crippen molar-refractivity contribution in [1.82, 2.24) is 10.3 Å². The molecule has 1 aliphatic heterocycles. The van der Waals surface area contributed by atoms with E-state index < -0.39 is 0 Å². The summed E-state index contributed by atoms with van der Waals surface area (Å²) in [5.41, 5.74) is 0.737. The third kappa shape index (κ3) is 2.44. The highest BCUT2D eigenvalue weighted by molar-refractivity contribution is 5.41. The second-order valence-corrected chi connectivity index (χ2v) is 4.62. The van der Waals surface area contributed by atoms with Gasteiger partial charge in [-0.15, -0.1) is 0 Å². The van der Waals surface area contributed by atoms with Gasteiger partial charge in [0.05, 0.1) is 12.2 Å². The fourth-order valence-electron chi connectivity index (χ4n) is 2.37. The lowest BCUT2D eigenvalue weighted by molar-refractivity contribution is 0.0636. The second kappa shape index (κ2) is 5.46. The Bertz CT molecular complexity index is 606. The van der Waals surface area contributed by atoms with E-state index in [1.807, 2.05) is 24.3 Å². The Hall–Kier alpha value is -2.14. The lowest BCUT2D eigenvalue weighted by Crippen LogP contribution is -2.40. The first-order valence-electron chi connectivity index (χ1n) is 6.44. The van der Waals surface area contributed by atoms with Crippen molar-refractivity contribution in [3.63, 3.8) is 0 Å². The quantitative estimate of drug-likeness (QED) is 0.933. The lowest BCUT2D eigenvalue weighted by atomic mass is 10.0. The average molecular weight is 274 g/mol. The molecule has 104 valence electrons. The minimum Gasteiger partial charge on any atom is -0.486 e. The van der Waals surface area contributed by atoms with Gasteiger partial charge in [-0.05, 0) is 30.8 Å². The molecule has 0 fully saturated rings.